The van der Waals surface area contributed by atoms with Crippen LogP contribution < -0.4 is 0 Å². The van der Waals surface area contributed by atoms with Crippen LogP contribution in [0.1, 0.15) is 39.5 Å². The summed E-state index contributed by atoms with van der Waals surface area (Å²) in [4.78, 5) is 11.1. The first-order valence-electron chi connectivity index (χ1n) is 5.69. The fourth-order valence-corrected chi connectivity index (χ4v) is 1.94. The maximum absolute atomic E-state index is 11.9. The summed E-state index contributed by atoms with van der Waals surface area (Å²) in [5.74, 6) is -0.257. The van der Waals surface area contributed by atoms with Crippen LogP contribution in [0, 0.1) is 0 Å². The van der Waals surface area contributed by atoms with E-state index in [1.54, 1.807) is 6.92 Å². The van der Waals surface area contributed by atoms with E-state index in [-0.39, 0.29) is 23.6 Å². The molecule has 0 bridgehead atoms. The van der Waals surface area contributed by atoms with Gasteiger partial charge in [-0.25, -0.2) is 0 Å². The molecule has 0 saturated heterocycles. The number of carbonyl (C=O) groups excluding carboxylic acids is 1. The van der Waals surface area contributed by atoms with Crippen LogP contribution in [-0.2, 0) is 9.53 Å². The maximum Gasteiger partial charge on any atom is 0.389 e. The molecule has 0 aliphatic carbocycles. The molecule has 0 N–H and O–H groups in total. The molecule has 0 aromatic rings. The Balaban J connectivity index is 3.52. The van der Waals surface area contributed by atoms with Gasteiger partial charge in [0.1, 0.15) is 6.61 Å². The van der Waals surface area contributed by atoms with E-state index in [4.69, 9.17) is 4.74 Å². The predicted octanol–water partition coefficient (Wildman–Crippen LogP) is 3.79. The van der Waals surface area contributed by atoms with E-state index < -0.39 is 12.6 Å². The molecule has 0 aliphatic rings. The third-order valence-corrected chi connectivity index (χ3v) is 3.15. The zero-order valence-electron chi connectivity index (χ0n) is 10.2. The largest absolute Gasteiger partial charge is 0.465 e. The molecule has 17 heavy (non-hydrogen) atoms. The van der Waals surface area contributed by atoms with E-state index in [1.165, 1.54) is 11.8 Å². The number of ether oxygens (including phenoxy) is 1. The van der Waals surface area contributed by atoms with Crippen LogP contribution in [0.2, 0.25) is 0 Å². The number of alkyl halides is 3. The molecule has 0 radical (unpaired) electrons. The van der Waals surface area contributed by atoms with Crippen LogP contribution in [0.5, 0.6) is 0 Å². The third-order valence-electron chi connectivity index (χ3n) is 2.00. The Kier molecular flexibility index (Phi) is 8.47. The quantitative estimate of drug-likeness (QED) is 0.629. The average molecular weight is 272 g/mol. The Morgan fingerprint density at radius 2 is 2.06 bits per heavy atom. The zero-order valence-corrected chi connectivity index (χ0v) is 11.0. The second-order valence-electron chi connectivity index (χ2n) is 3.83. The lowest BCUT2D eigenvalue weighted by Gasteiger charge is -2.12. The van der Waals surface area contributed by atoms with Gasteiger partial charge in [0, 0.05) is 17.4 Å². The van der Waals surface area contributed by atoms with Crippen molar-refractivity contribution in [1.82, 2.24) is 0 Å². The predicted molar refractivity (Wildman–Crippen MR) is 63.1 cm³/mol. The first-order valence-corrected chi connectivity index (χ1v) is 6.74. The molecule has 0 aliphatic heterocycles. The van der Waals surface area contributed by atoms with Gasteiger partial charge in [-0.2, -0.15) is 24.9 Å². The summed E-state index contributed by atoms with van der Waals surface area (Å²) >= 11 is 1.17. The van der Waals surface area contributed by atoms with Crippen LogP contribution in [0.15, 0.2) is 0 Å². The van der Waals surface area contributed by atoms with E-state index in [0.717, 1.165) is 12.8 Å². The monoisotopic (exact) mass is 272 g/mol. The lowest BCUT2D eigenvalue weighted by molar-refractivity contribution is -0.143. The molecule has 0 rings (SSSR count). The van der Waals surface area contributed by atoms with Crippen molar-refractivity contribution in [3.63, 3.8) is 0 Å². The molecule has 102 valence electrons. The normalized spacial score (nSPS) is 13.5. The molecule has 0 aromatic carbocycles. The minimum Gasteiger partial charge on any atom is -0.465 e. The van der Waals surface area contributed by atoms with Gasteiger partial charge in [0.05, 0.1) is 6.42 Å². The van der Waals surface area contributed by atoms with E-state index in [0.29, 0.717) is 6.42 Å². The van der Waals surface area contributed by atoms with Crippen molar-refractivity contribution in [3.05, 3.63) is 0 Å². The summed E-state index contributed by atoms with van der Waals surface area (Å²) in [6, 6.07) is 0. The van der Waals surface area contributed by atoms with Crippen molar-refractivity contribution in [1.29, 1.82) is 0 Å². The van der Waals surface area contributed by atoms with Crippen LogP contribution in [-0.4, -0.2) is 29.8 Å². The summed E-state index contributed by atoms with van der Waals surface area (Å²) < 4.78 is 40.5. The summed E-state index contributed by atoms with van der Waals surface area (Å²) in [5, 5.41) is -0.0945. The van der Waals surface area contributed by atoms with Gasteiger partial charge in [0.2, 0.25) is 0 Å². The number of halogens is 3. The van der Waals surface area contributed by atoms with Gasteiger partial charge in [-0.1, -0.05) is 13.3 Å². The van der Waals surface area contributed by atoms with Crippen LogP contribution >= 0.6 is 11.8 Å². The summed E-state index contributed by atoms with van der Waals surface area (Å²) in [7, 11) is 0. The summed E-state index contributed by atoms with van der Waals surface area (Å²) in [6.07, 6.45) is -2.81. The fraction of sp³-hybridized carbons (Fsp3) is 0.909. The minimum absolute atomic E-state index is 0.0111. The number of hydrogen-bond acceptors (Lipinski definition) is 3. The molecule has 0 heterocycles. The van der Waals surface area contributed by atoms with E-state index in [2.05, 4.69) is 0 Å². The Bertz CT molecular complexity index is 219. The molecule has 6 heteroatoms. The Labute approximate surface area is 104 Å². The SMILES string of the molecule is CCCCC(=O)OCC(C)SCCC(F)(F)F. The van der Waals surface area contributed by atoms with Crippen molar-refractivity contribution >= 4 is 17.7 Å². The van der Waals surface area contributed by atoms with E-state index in [9.17, 15) is 18.0 Å². The highest BCUT2D eigenvalue weighted by Crippen LogP contribution is 2.23. The highest BCUT2D eigenvalue weighted by molar-refractivity contribution is 7.99. The lowest BCUT2D eigenvalue weighted by atomic mass is 10.2. The standard InChI is InChI=1S/C11H19F3O2S/c1-3-4-5-10(15)16-8-9(2)17-7-6-11(12,13)14/h9H,3-8H2,1-2H3. The zero-order chi connectivity index (χ0) is 13.3. The van der Waals surface area contributed by atoms with Crippen LogP contribution in [0.3, 0.4) is 0 Å². The topological polar surface area (TPSA) is 26.3 Å². The molecule has 0 amide bonds. The van der Waals surface area contributed by atoms with Crippen molar-refractivity contribution in [2.45, 2.75) is 51.0 Å². The first-order chi connectivity index (χ1) is 7.85. The molecule has 0 fully saturated rings. The van der Waals surface area contributed by atoms with Crippen molar-refractivity contribution < 1.29 is 22.7 Å². The smallest absolute Gasteiger partial charge is 0.389 e. The summed E-state index contributed by atoms with van der Waals surface area (Å²) in [6.45, 7) is 3.92. The van der Waals surface area contributed by atoms with Crippen molar-refractivity contribution in [3.8, 4) is 0 Å². The molecule has 1 atom stereocenters. The number of rotatable bonds is 8. The van der Waals surface area contributed by atoms with Gasteiger partial charge >= 0.3 is 12.1 Å². The minimum atomic E-state index is -4.11. The molecule has 0 aromatic heterocycles. The Morgan fingerprint density at radius 3 is 2.59 bits per heavy atom. The van der Waals surface area contributed by atoms with Gasteiger partial charge in [0.25, 0.3) is 0 Å². The van der Waals surface area contributed by atoms with Gasteiger partial charge in [-0.3, -0.25) is 4.79 Å². The third kappa shape index (κ3) is 11.9. The van der Waals surface area contributed by atoms with Gasteiger partial charge < -0.3 is 4.74 Å². The van der Waals surface area contributed by atoms with Crippen molar-refractivity contribution in [2.24, 2.45) is 0 Å². The first kappa shape index (κ1) is 16.6. The van der Waals surface area contributed by atoms with Crippen LogP contribution in [0.4, 0.5) is 13.2 Å². The number of hydrogen-bond donors (Lipinski definition) is 0. The van der Waals surface area contributed by atoms with Gasteiger partial charge in [-0.15, -0.1) is 0 Å². The molecule has 0 saturated carbocycles. The van der Waals surface area contributed by atoms with Crippen LogP contribution in [0.25, 0.3) is 0 Å². The average Bonchev–Trinajstić information content (AvgIpc) is 2.21. The lowest BCUT2D eigenvalue weighted by Crippen LogP contribution is -2.15. The number of unbranched alkanes of at least 4 members (excludes halogenated alkanes) is 1. The fourth-order valence-electron chi connectivity index (χ4n) is 1.03. The molecular weight excluding hydrogens is 253 g/mol. The number of esters is 1. The molecular formula is C11H19F3O2S. The second kappa shape index (κ2) is 8.66. The molecule has 0 spiro atoms. The number of carbonyl (C=O) groups is 1. The number of thioether (sulfide) groups is 1. The van der Waals surface area contributed by atoms with E-state index >= 15 is 0 Å². The molecule has 1 unspecified atom stereocenters. The maximum atomic E-state index is 11.9. The Hall–Kier alpha value is -0.390. The second-order valence-corrected chi connectivity index (χ2v) is 5.38. The molecule has 2 nitrogen and oxygen atoms in total. The summed E-state index contributed by atoms with van der Waals surface area (Å²) in [5.41, 5.74) is 0. The highest BCUT2D eigenvalue weighted by Gasteiger charge is 2.26. The van der Waals surface area contributed by atoms with E-state index in [1.807, 2.05) is 6.92 Å². The van der Waals surface area contributed by atoms with Gasteiger partial charge in [-0.05, 0) is 13.3 Å². The Morgan fingerprint density at radius 1 is 1.41 bits per heavy atom. The van der Waals surface area contributed by atoms with Gasteiger partial charge in [0.15, 0.2) is 0 Å². The highest BCUT2D eigenvalue weighted by atomic mass is 32.2. The van der Waals surface area contributed by atoms with Crippen molar-refractivity contribution in [2.75, 3.05) is 12.4 Å².